The first-order valence-electron chi connectivity index (χ1n) is 6.36. The second-order valence-electron chi connectivity index (χ2n) is 4.58. The number of esters is 1. The number of hydrogen-bond donors (Lipinski definition) is 1. The summed E-state index contributed by atoms with van der Waals surface area (Å²) in [7, 11) is 0. The Kier molecular flexibility index (Phi) is 6.64. The Morgan fingerprint density at radius 1 is 1.55 bits per heavy atom. The first kappa shape index (κ1) is 16.6. The molecule has 0 radical (unpaired) electrons. The molecule has 0 spiro atoms. The molecule has 0 saturated heterocycles. The van der Waals surface area contributed by atoms with Crippen molar-refractivity contribution in [2.24, 2.45) is 0 Å². The molecular weight excluding hydrogens is 328 g/mol. The maximum absolute atomic E-state index is 11.7. The molecule has 1 aliphatic rings. The SMILES string of the molecule is CC(=O)O[C@H]1C=C(C/C(Br)=C/CCCC(=O)O)C(=O)C1. The van der Waals surface area contributed by atoms with E-state index in [1.165, 1.54) is 6.92 Å². The number of allylic oxidation sites excluding steroid dienone is 3. The normalized spacial score (nSPS) is 18.9. The zero-order valence-electron chi connectivity index (χ0n) is 11.2. The molecule has 0 unspecified atom stereocenters. The van der Waals surface area contributed by atoms with E-state index in [0.717, 1.165) is 4.48 Å². The van der Waals surface area contributed by atoms with Gasteiger partial charge in [-0.2, -0.15) is 0 Å². The van der Waals surface area contributed by atoms with E-state index in [1.807, 2.05) is 6.08 Å². The van der Waals surface area contributed by atoms with Gasteiger partial charge in [-0.25, -0.2) is 0 Å². The van der Waals surface area contributed by atoms with Crippen LogP contribution in [0.4, 0.5) is 0 Å². The standard InChI is InChI=1S/C14H17BrO5/c1-9(16)20-12-7-10(13(17)8-12)6-11(15)4-2-3-5-14(18)19/h4,7,12H,2-3,5-6,8H2,1H3,(H,18,19)/b11-4-/t12-/m0/s1. The molecule has 20 heavy (non-hydrogen) atoms. The summed E-state index contributed by atoms with van der Waals surface area (Å²) in [6.07, 6.45) is 5.08. The number of hydrogen-bond acceptors (Lipinski definition) is 4. The highest BCUT2D eigenvalue weighted by molar-refractivity contribution is 9.11. The molecule has 110 valence electrons. The number of unbranched alkanes of at least 4 members (excludes halogenated alkanes) is 1. The van der Waals surface area contributed by atoms with Gasteiger partial charge in [0.2, 0.25) is 0 Å². The maximum atomic E-state index is 11.7. The average Bonchev–Trinajstić information content (AvgIpc) is 2.64. The van der Waals surface area contributed by atoms with Gasteiger partial charge in [0, 0.05) is 19.8 Å². The number of ketones is 1. The van der Waals surface area contributed by atoms with Gasteiger partial charge in [-0.15, -0.1) is 0 Å². The molecule has 1 N–H and O–H groups in total. The van der Waals surface area contributed by atoms with E-state index in [9.17, 15) is 14.4 Å². The fourth-order valence-corrected chi connectivity index (χ4v) is 2.43. The van der Waals surface area contributed by atoms with Crippen LogP contribution in [0.2, 0.25) is 0 Å². The van der Waals surface area contributed by atoms with Crippen molar-refractivity contribution < 1.29 is 24.2 Å². The summed E-state index contributed by atoms with van der Waals surface area (Å²) in [6, 6.07) is 0. The largest absolute Gasteiger partial charge is 0.481 e. The van der Waals surface area contributed by atoms with Gasteiger partial charge in [0.25, 0.3) is 0 Å². The number of halogens is 1. The number of carbonyl (C=O) groups is 3. The number of carbonyl (C=O) groups excluding carboxylic acids is 2. The fourth-order valence-electron chi connectivity index (χ4n) is 1.90. The van der Waals surface area contributed by atoms with Crippen LogP contribution in [0.5, 0.6) is 0 Å². The summed E-state index contributed by atoms with van der Waals surface area (Å²) < 4.78 is 5.82. The first-order valence-corrected chi connectivity index (χ1v) is 7.15. The smallest absolute Gasteiger partial charge is 0.303 e. The summed E-state index contributed by atoms with van der Waals surface area (Å²) in [6.45, 7) is 1.31. The lowest BCUT2D eigenvalue weighted by Gasteiger charge is -2.05. The van der Waals surface area contributed by atoms with Gasteiger partial charge < -0.3 is 9.84 Å². The molecule has 0 bridgehead atoms. The molecule has 0 aromatic heterocycles. The van der Waals surface area contributed by atoms with Crippen molar-refractivity contribution >= 4 is 33.7 Å². The molecule has 0 heterocycles. The minimum atomic E-state index is -0.813. The van der Waals surface area contributed by atoms with Crippen LogP contribution in [0.1, 0.15) is 39.0 Å². The Morgan fingerprint density at radius 2 is 2.25 bits per heavy atom. The summed E-state index contributed by atoms with van der Waals surface area (Å²) >= 11 is 3.37. The zero-order chi connectivity index (χ0) is 15.1. The number of ether oxygens (including phenoxy) is 1. The van der Waals surface area contributed by atoms with Crippen LogP contribution in [0.15, 0.2) is 22.2 Å². The monoisotopic (exact) mass is 344 g/mol. The lowest BCUT2D eigenvalue weighted by Crippen LogP contribution is -2.12. The van der Waals surface area contributed by atoms with Crippen molar-refractivity contribution in [1.29, 1.82) is 0 Å². The quantitative estimate of drug-likeness (QED) is 0.567. The summed E-state index contributed by atoms with van der Waals surface area (Å²) in [5.41, 5.74) is 0.623. The van der Waals surface area contributed by atoms with Crippen molar-refractivity contribution in [2.45, 2.75) is 45.1 Å². The van der Waals surface area contributed by atoms with Gasteiger partial charge in [0.15, 0.2) is 5.78 Å². The Balaban J connectivity index is 2.46. The fraction of sp³-hybridized carbons (Fsp3) is 0.500. The van der Waals surface area contributed by atoms with Crippen LogP contribution in [-0.4, -0.2) is 28.9 Å². The molecule has 0 saturated carbocycles. The lowest BCUT2D eigenvalue weighted by molar-refractivity contribution is -0.144. The number of rotatable bonds is 7. The van der Waals surface area contributed by atoms with Crippen molar-refractivity contribution in [2.75, 3.05) is 0 Å². The third-order valence-electron chi connectivity index (χ3n) is 2.77. The van der Waals surface area contributed by atoms with Crippen LogP contribution in [0.25, 0.3) is 0 Å². The van der Waals surface area contributed by atoms with E-state index < -0.39 is 18.0 Å². The van der Waals surface area contributed by atoms with E-state index in [2.05, 4.69) is 15.9 Å². The minimum absolute atomic E-state index is 0.0212. The predicted molar refractivity (Wildman–Crippen MR) is 76.4 cm³/mol. The van der Waals surface area contributed by atoms with Crippen LogP contribution in [0, 0.1) is 0 Å². The van der Waals surface area contributed by atoms with Crippen LogP contribution < -0.4 is 0 Å². The third kappa shape index (κ3) is 6.14. The Bertz CT molecular complexity index is 464. The highest BCUT2D eigenvalue weighted by Crippen LogP contribution is 2.26. The highest BCUT2D eigenvalue weighted by Gasteiger charge is 2.25. The molecule has 0 aromatic rings. The predicted octanol–water partition coefficient (Wildman–Crippen LogP) is 2.74. The summed E-state index contributed by atoms with van der Waals surface area (Å²) in [5, 5.41) is 8.52. The van der Waals surface area contributed by atoms with E-state index in [-0.39, 0.29) is 18.6 Å². The number of carboxylic acid groups (broad SMARTS) is 1. The zero-order valence-corrected chi connectivity index (χ0v) is 12.8. The molecular formula is C14H17BrO5. The molecule has 1 atom stereocenters. The summed E-state index contributed by atoms with van der Waals surface area (Å²) in [4.78, 5) is 32.9. The third-order valence-corrected chi connectivity index (χ3v) is 3.37. The van der Waals surface area contributed by atoms with Gasteiger partial charge in [-0.05, 0) is 29.0 Å². The van der Waals surface area contributed by atoms with Gasteiger partial charge in [0.1, 0.15) is 6.10 Å². The Hall–Kier alpha value is -1.43. The van der Waals surface area contributed by atoms with Gasteiger partial charge in [-0.3, -0.25) is 14.4 Å². The van der Waals surface area contributed by atoms with Crippen LogP contribution in [-0.2, 0) is 19.1 Å². The van der Waals surface area contributed by atoms with Gasteiger partial charge in [0.05, 0.1) is 6.42 Å². The van der Waals surface area contributed by atoms with E-state index in [1.54, 1.807) is 6.08 Å². The molecule has 1 aliphatic carbocycles. The Labute approximate surface area is 125 Å². The number of Topliss-reactive ketones (excluding diaryl/α,β-unsaturated/α-hetero) is 1. The molecule has 0 aliphatic heterocycles. The van der Waals surface area contributed by atoms with Crippen molar-refractivity contribution in [1.82, 2.24) is 0 Å². The van der Waals surface area contributed by atoms with Crippen LogP contribution in [0.3, 0.4) is 0 Å². The Morgan fingerprint density at radius 3 is 2.85 bits per heavy atom. The van der Waals surface area contributed by atoms with E-state index >= 15 is 0 Å². The van der Waals surface area contributed by atoms with E-state index in [0.29, 0.717) is 24.8 Å². The minimum Gasteiger partial charge on any atom is -0.481 e. The summed E-state index contributed by atoms with van der Waals surface area (Å²) in [5.74, 6) is -1.23. The highest BCUT2D eigenvalue weighted by atomic mass is 79.9. The molecule has 5 nitrogen and oxygen atoms in total. The molecule has 0 aromatic carbocycles. The first-order chi connectivity index (χ1) is 9.38. The van der Waals surface area contributed by atoms with Gasteiger partial charge in [-0.1, -0.05) is 22.0 Å². The maximum Gasteiger partial charge on any atom is 0.303 e. The second kappa shape index (κ2) is 7.99. The van der Waals surface area contributed by atoms with Crippen molar-refractivity contribution in [3.8, 4) is 0 Å². The van der Waals surface area contributed by atoms with Crippen molar-refractivity contribution in [3.63, 3.8) is 0 Å². The molecule has 6 heteroatoms. The number of carboxylic acids is 1. The van der Waals surface area contributed by atoms with Crippen LogP contribution >= 0.6 is 15.9 Å². The average molecular weight is 345 g/mol. The van der Waals surface area contributed by atoms with Gasteiger partial charge >= 0.3 is 11.9 Å². The van der Waals surface area contributed by atoms with E-state index in [4.69, 9.17) is 9.84 Å². The van der Waals surface area contributed by atoms with Crippen molar-refractivity contribution in [3.05, 3.63) is 22.2 Å². The molecule has 0 fully saturated rings. The second-order valence-corrected chi connectivity index (χ2v) is 5.60. The molecule has 0 amide bonds. The number of aliphatic carboxylic acids is 1. The lowest BCUT2D eigenvalue weighted by atomic mass is 10.1. The molecule has 1 rings (SSSR count). The topological polar surface area (TPSA) is 80.7 Å².